The van der Waals surface area contributed by atoms with E-state index in [9.17, 15) is 25.2 Å². The molecule has 86 heavy (non-hydrogen) atoms. The molecule has 0 saturated heterocycles. The highest BCUT2D eigenvalue weighted by atomic mass is 33.1. The zero-order valence-corrected chi connectivity index (χ0v) is 50.7. The van der Waals surface area contributed by atoms with E-state index in [1.165, 1.54) is 18.1 Å². The smallest absolute Gasteiger partial charge is 0.316 e. The highest BCUT2D eigenvalue weighted by Crippen LogP contribution is 2.72. The van der Waals surface area contributed by atoms with Crippen LogP contribution in [0.5, 0.6) is 28.7 Å². The number of methoxy groups -OCH3 is 2. The van der Waals surface area contributed by atoms with Crippen LogP contribution in [-0.4, -0.2) is 96.2 Å². The number of ether oxygens (including phenoxy) is 5. The predicted octanol–water partition coefficient (Wildman–Crippen LogP) is 12.4. The lowest BCUT2D eigenvalue weighted by Gasteiger charge is -2.66. The van der Waals surface area contributed by atoms with E-state index in [1.54, 1.807) is 41.9 Å². The van der Waals surface area contributed by atoms with Gasteiger partial charge in [0.05, 0.1) is 37.8 Å². The lowest BCUT2D eigenvalue weighted by atomic mass is 9.38. The zero-order valence-electron chi connectivity index (χ0n) is 49.0. The first-order valence-electron chi connectivity index (χ1n) is 30.9. The highest BCUT2D eigenvalue weighted by molar-refractivity contribution is 8.76. The van der Waals surface area contributed by atoms with Gasteiger partial charge in [-0.2, -0.15) is 0 Å². The van der Waals surface area contributed by atoms with Gasteiger partial charge in [0.15, 0.2) is 23.0 Å². The molecular formula is C72H75NO11S2. The summed E-state index contributed by atoms with van der Waals surface area (Å²) in [5.41, 5.74) is 9.22. The van der Waals surface area contributed by atoms with Crippen LogP contribution in [0.3, 0.4) is 0 Å². The lowest BCUT2D eigenvalue weighted by Crippen LogP contribution is -2.64. The molecular weight excluding hydrogens is 1120 g/mol. The van der Waals surface area contributed by atoms with Crippen LogP contribution in [0.4, 0.5) is 0 Å². The van der Waals surface area contributed by atoms with Crippen molar-refractivity contribution in [3.63, 3.8) is 0 Å². The third-order valence-corrected chi connectivity index (χ3v) is 23.5. The Morgan fingerprint density at radius 1 is 0.837 bits per heavy atom. The summed E-state index contributed by atoms with van der Waals surface area (Å²) in [5, 5.41) is 53.6. The quantitative estimate of drug-likeness (QED) is 0.0627. The number of aryl methyl sites for hydroxylation is 1. The molecule has 1 spiro atoms. The number of esters is 2. The van der Waals surface area contributed by atoms with E-state index in [4.69, 9.17) is 23.7 Å². The minimum atomic E-state index is -1.20. The molecule has 0 aromatic heterocycles. The second-order valence-corrected chi connectivity index (χ2v) is 28.4. The number of fused-ring (bicyclic) bond motifs is 11. The number of carbonyl (C=O) groups excluding carboxylic acids is 2. The maximum Gasteiger partial charge on any atom is 0.316 e. The van der Waals surface area contributed by atoms with Gasteiger partial charge in [-0.1, -0.05) is 99.7 Å². The summed E-state index contributed by atoms with van der Waals surface area (Å²) in [6.45, 7) is 3.48. The number of aliphatic hydroxyl groups excluding tert-OH is 1. The topological polar surface area (TPSA) is 173 Å². The number of phenols is 3. The summed E-state index contributed by atoms with van der Waals surface area (Å²) in [6.07, 6.45) is 5.09. The van der Waals surface area contributed by atoms with Gasteiger partial charge in [-0.3, -0.25) is 9.59 Å². The monoisotopic (exact) mass is 1190 g/mol. The van der Waals surface area contributed by atoms with Crippen LogP contribution >= 0.6 is 21.6 Å². The van der Waals surface area contributed by atoms with E-state index in [2.05, 4.69) is 77.8 Å². The Hall–Kier alpha value is -6.60. The summed E-state index contributed by atoms with van der Waals surface area (Å²) < 4.78 is 32.6. The van der Waals surface area contributed by atoms with E-state index in [0.29, 0.717) is 82.1 Å². The first kappa shape index (κ1) is 57.2. The molecule has 13 atom stereocenters. The van der Waals surface area contributed by atoms with Gasteiger partial charge in [0.1, 0.15) is 18.0 Å². The maximum atomic E-state index is 16.9. The molecule has 14 rings (SSSR count). The Balaban J connectivity index is 0.993. The molecule has 11 bridgehead atoms. The van der Waals surface area contributed by atoms with E-state index >= 15 is 4.79 Å². The fourth-order valence-corrected chi connectivity index (χ4v) is 20.0. The predicted molar refractivity (Wildman–Crippen MR) is 335 cm³/mol. The number of allylic oxidation sites excluding steroid dienone is 1. The Morgan fingerprint density at radius 2 is 1.71 bits per heavy atom. The van der Waals surface area contributed by atoms with Gasteiger partial charge >= 0.3 is 11.9 Å². The molecule has 8 aliphatic rings. The summed E-state index contributed by atoms with van der Waals surface area (Å²) in [5.74, 6) is 6.99. The average molecular weight is 1190 g/mol. The molecule has 2 aliphatic heterocycles. The molecule has 5 N–H and O–H groups in total. The van der Waals surface area contributed by atoms with Gasteiger partial charge < -0.3 is 49.4 Å². The molecule has 13 unspecified atom stereocenters. The van der Waals surface area contributed by atoms with Gasteiger partial charge in [-0.05, 0) is 202 Å². The Kier molecular flexibility index (Phi) is 15.4. The molecule has 6 aromatic carbocycles. The summed E-state index contributed by atoms with van der Waals surface area (Å²) >= 11 is 0. The lowest BCUT2D eigenvalue weighted by molar-refractivity contribution is -0.181. The van der Waals surface area contributed by atoms with Gasteiger partial charge in [-0.25, -0.2) is 0 Å². The second kappa shape index (κ2) is 23.2. The van der Waals surface area contributed by atoms with Crippen LogP contribution in [0.2, 0.25) is 0 Å². The first-order chi connectivity index (χ1) is 41.8. The molecule has 3 saturated carbocycles. The van der Waals surface area contributed by atoms with Crippen molar-refractivity contribution < 1.29 is 53.7 Å². The van der Waals surface area contributed by atoms with Crippen molar-refractivity contribution in [3.05, 3.63) is 153 Å². The number of phenolic OH excluding ortho intramolecular Hbond substituents is 3. The molecule has 0 radical (unpaired) electrons. The number of carbonyl (C=O) groups is 2. The normalized spacial score (nSPS) is 31.0. The summed E-state index contributed by atoms with van der Waals surface area (Å²) in [7, 11) is 6.75. The first-order valence-corrected chi connectivity index (χ1v) is 33.3. The molecule has 0 amide bonds. The number of benzene rings is 6. The van der Waals surface area contributed by atoms with Crippen LogP contribution in [0.25, 0.3) is 28.0 Å². The summed E-state index contributed by atoms with van der Waals surface area (Å²) in [4.78, 5) is 31.0. The molecule has 6 aliphatic carbocycles. The van der Waals surface area contributed by atoms with Crippen molar-refractivity contribution in [2.75, 3.05) is 45.5 Å². The summed E-state index contributed by atoms with van der Waals surface area (Å²) in [6, 6.07) is 34.5. The van der Waals surface area contributed by atoms with Gasteiger partial charge in [0, 0.05) is 62.3 Å². The number of aliphatic hydroxyl groups is 1. The van der Waals surface area contributed by atoms with Gasteiger partial charge in [0.25, 0.3) is 0 Å². The van der Waals surface area contributed by atoms with Crippen LogP contribution < -0.4 is 14.8 Å². The Morgan fingerprint density at radius 3 is 2.57 bits per heavy atom. The fourth-order valence-electron chi connectivity index (χ4n) is 17.7. The minimum absolute atomic E-state index is 0.0279. The maximum absolute atomic E-state index is 16.9. The number of hydrogen-bond acceptors (Lipinski definition) is 14. The molecule has 2 heterocycles. The van der Waals surface area contributed by atoms with Crippen LogP contribution in [0.1, 0.15) is 108 Å². The van der Waals surface area contributed by atoms with Crippen molar-refractivity contribution >= 4 is 50.4 Å². The average Bonchev–Trinajstić information content (AvgIpc) is 0.683. The van der Waals surface area contributed by atoms with E-state index in [-0.39, 0.29) is 77.0 Å². The van der Waals surface area contributed by atoms with Crippen molar-refractivity contribution in [1.29, 1.82) is 0 Å². The standard InChI is InChI=1S/C72H75NO11S2/c1-40(74)83-66-30-54-29-59-57-32-68(64(77)25-49(57)23-60-63(76)33-61-58-31-65(78)67(81-3)26-50(58)24-62(66)72(61,69(59)60)52-16-13-45-8-4-5-9-46(45)21-52)82-17-18-85-86-39-44-19-41-11-12-43(38-80-2)37-73-36-42-7-6-10-47(20-42)56-28-53(75)22-48-14-15-51(27-55(48)56)71(34-41,35-44)70(79)84-54/h4-10,14-15,20-22,25-28,31-32,41,43-44,54,59-63,66,69,73,75-78H,13,16-19,23-24,29-30,33-39H2,1-3H3. The molecule has 14 heteroatoms. The van der Waals surface area contributed by atoms with Crippen molar-refractivity contribution in [2.24, 2.45) is 40.9 Å². The van der Waals surface area contributed by atoms with Crippen molar-refractivity contribution in [3.8, 4) is 51.7 Å². The van der Waals surface area contributed by atoms with Crippen LogP contribution in [0.15, 0.2) is 109 Å². The van der Waals surface area contributed by atoms with E-state index in [1.807, 2.05) is 42.5 Å². The van der Waals surface area contributed by atoms with Crippen LogP contribution in [-0.2, 0) is 55.0 Å². The van der Waals surface area contributed by atoms with Crippen LogP contribution in [0, 0.1) is 52.8 Å². The third kappa shape index (κ3) is 10.1. The Bertz CT molecular complexity index is 3760. The number of hydrogen-bond donors (Lipinski definition) is 5. The number of rotatable bonds is 5. The molecule has 12 nitrogen and oxygen atoms in total. The SMILES string of the molecule is COCC1C#CC2CC3CSSCCOc4cc5c(cc4O)CC4C(O)CC6c7cc(O)c(OC)cc7CC7C(OC(C)=O)CC(CC5C4C67C4=Cc5ccccc5CC4)OC(=O)C(C2)(C3)c2ccc3cc(O)cc(c3c2)-c2cccc(c2)CNC1. The van der Waals surface area contributed by atoms with Gasteiger partial charge in [0.2, 0.25) is 0 Å². The largest absolute Gasteiger partial charge is 0.508 e. The van der Waals surface area contributed by atoms with E-state index < -0.39 is 35.1 Å². The minimum Gasteiger partial charge on any atom is -0.508 e. The number of nitrogens with one attached hydrogen (secondary N) is 1. The number of aromatic hydroxyl groups is 3. The molecule has 446 valence electrons. The van der Waals surface area contributed by atoms with Crippen molar-refractivity contribution in [2.45, 2.75) is 113 Å². The Labute approximate surface area is 511 Å². The third-order valence-electron chi connectivity index (χ3n) is 21.0. The second-order valence-electron chi connectivity index (χ2n) is 25.8. The van der Waals surface area contributed by atoms with Crippen molar-refractivity contribution in [1.82, 2.24) is 5.32 Å². The van der Waals surface area contributed by atoms with E-state index in [0.717, 1.165) is 85.9 Å². The van der Waals surface area contributed by atoms with Gasteiger partial charge in [-0.15, -0.1) is 0 Å². The highest BCUT2D eigenvalue weighted by Gasteiger charge is 2.68. The molecule has 3 fully saturated rings. The zero-order chi connectivity index (χ0) is 59.0. The fraction of sp³-hybridized carbons (Fsp3) is 0.444. The molecule has 6 aromatic rings.